The minimum atomic E-state index is -3.59. The molecule has 128 valence electrons. The fraction of sp³-hybridized carbons (Fsp3) is 0.562. The van der Waals surface area contributed by atoms with Crippen LogP contribution in [0.15, 0.2) is 24.3 Å². The van der Waals surface area contributed by atoms with Crippen molar-refractivity contribution < 1.29 is 17.9 Å². The van der Waals surface area contributed by atoms with Crippen molar-refractivity contribution >= 4 is 21.6 Å². The lowest BCUT2D eigenvalue weighted by molar-refractivity contribution is -0.131. The molecule has 7 heteroatoms. The summed E-state index contributed by atoms with van der Waals surface area (Å²) in [5.74, 6) is 0.705. The maximum absolute atomic E-state index is 12.6. The highest BCUT2D eigenvalue weighted by atomic mass is 32.2. The molecule has 0 aromatic heterocycles. The van der Waals surface area contributed by atoms with Crippen molar-refractivity contribution in [3.63, 3.8) is 0 Å². The molecule has 1 aliphatic rings. The van der Waals surface area contributed by atoms with Crippen LogP contribution in [0, 0.1) is 5.92 Å². The van der Waals surface area contributed by atoms with Gasteiger partial charge in [0.05, 0.1) is 19.1 Å². The number of carbonyl (C=O) groups excluding carboxylic acids is 1. The predicted octanol–water partition coefficient (Wildman–Crippen LogP) is 1.72. The van der Waals surface area contributed by atoms with Gasteiger partial charge in [0.15, 0.2) is 0 Å². The first-order valence-corrected chi connectivity index (χ1v) is 9.56. The molecular formula is C16H24N2O4S. The Morgan fingerprint density at radius 3 is 2.70 bits per heavy atom. The standard InChI is InChI=1S/C16H24N2O4S/c1-13-7-6-10-17(11-13)16(19)12-18(23(3,20)21)14-8-4-5-9-15(14)22-2/h4-5,8-9,13H,6-7,10-12H2,1-3H3/t13-/m1/s1. The van der Waals surface area contributed by atoms with Crippen molar-refractivity contribution in [3.05, 3.63) is 24.3 Å². The molecule has 0 bridgehead atoms. The molecule has 0 radical (unpaired) electrons. The number of piperidine rings is 1. The van der Waals surface area contributed by atoms with E-state index in [0.717, 1.165) is 23.4 Å². The summed E-state index contributed by atoms with van der Waals surface area (Å²) >= 11 is 0. The minimum Gasteiger partial charge on any atom is -0.495 e. The summed E-state index contributed by atoms with van der Waals surface area (Å²) in [6.07, 6.45) is 3.16. The average molecular weight is 340 g/mol. The molecule has 1 amide bonds. The summed E-state index contributed by atoms with van der Waals surface area (Å²) < 4.78 is 30.7. The van der Waals surface area contributed by atoms with Gasteiger partial charge in [0, 0.05) is 13.1 Å². The maximum Gasteiger partial charge on any atom is 0.243 e. The minimum absolute atomic E-state index is 0.173. The molecule has 2 rings (SSSR count). The van der Waals surface area contributed by atoms with E-state index in [1.54, 1.807) is 29.2 Å². The van der Waals surface area contributed by atoms with Gasteiger partial charge >= 0.3 is 0 Å². The van der Waals surface area contributed by atoms with Crippen LogP contribution in [-0.4, -0.2) is 52.2 Å². The number of methoxy groups -OCH3 is 1. The van der Waals surface area contributed by atoms with Gasteiger partial charge in [-0.1, -0.05) is 19.1 Å². The Morgan fingerprint density at radius 2 is 2.09 bits per heavy atom. The molecular weight excluding hydrogens is 316 g/mol. The van der Waals surface area contributed by atoms with Gasteiger partial charge in [-0.05, 0) is 30.9 Å². The highest BCUT2D eigenvalue weighted by molar-refractivity contribution is 7.92. The summed E-state index contributed by atoms with van der Waals surface area (Å²) in [5.41, 5.74) is 0.385. The van der Waals surface area contributed by atoms with Gasteiger partial charge in [0.1, 0.15) is 12.3 Å². The van der Waals surface area contributed by atoms with Crippen LogP contribution in [0.2, 0.25) is 0 Å². The molecule has 0 unspecified atom stereocenters. The smallest absolute Gasteiger partial charge is 0.243 e. The van der Waals surface area contributed by atoms with Crippen LogP contribution in [0.5, 0.6) is 5.75 Å². The third-order valence-corrected chi connectivity index (χ3v) is 5.17. The Balaban J connectivity index is 2.25. The average Bonchev–Trinajstić information content (AvgIpc) is 2.51. The maximum atomic E-state index is 12.6. The largest absolute Gasteiger partial charge is 0.495 e. The van der Waals surface area contributed by atoms with Gasteiger partial charge in [-0.15, -0.1) is 0 Å². The number of para-hydroxylation sites is 2. The second-order valence-corrected chi connectivity index (χ2v) is 7.94. The number of hydrogen-bond acceptors (Lipinski definition) is 4. The zero-order valence-corrected chi connectivity index (χ0v) is 14.7. The van der Waals surface area contributed by atoms with Crippen LogP contribution in [0.3, 0.4) is 0 Å². The van der Waals surface area contributed by atoms with E-state index in [1.165, 1.54) is 7.11 Å². The van der Waals surface area contributed by atoms with Gasteiger partial charge in [0.25, 0.3) is 0 Å². The Labute approximate surface area is 138 Å². The van der Waals surface area contributed by atoms with Gasteiger partial charge in [-0.2, -0.15) is 0 Å². The van der Waals surface area contributed by atoms with Crippen molar-refractivity contribution in [2.45, 2.75) is 19.8 Å². The molecule has 6 nitrogen and oxygen atoms in total. The predicted molar refractivity (Wildman–Crippen MR) is 90.2 cm³/mol. The van der Waals surface area contributed by atoms with E-state index in [0.29, 0.717) is 30.4 Å². The van der Waals surface area contributed by atoms with E-state index in [1.807, 2.05) is 0 Å². The van der Waals surface area contributed by atoms with Crippen molar-refractivity contribution in [1.82, 2.24) is 4.90 Å². The monoisotopic (exact) mass is 340 g/mol. The number of rotatable bonds is 5. The van der Waals surface area contributed by atoms with Crippen LogP contribution in [0.25, 0.3) is 0 Å². The zero-order chi connectivity index (χ0) is 17.0. The van der Waals surface area contributed by atoms with E-state index in [4.69, 9.17) is 4.74 Å². The number of ether oxygens (including phenoxy) is 1. The van der Waals surface area contributed by atoms with Crippen molar-refractivity contribution in [2.75, 3.05) is 37.3 Å². The summed E-state index contributed by atoms with van der Waals surface area (Å²) in [4.78, 5) is 14.3. The SMILES string of the molecule is COc1ccccc1N(CC(=O)N1CCC[C@@H](C)C1)S(C)(=O)=O. The molecule has 0 spiro atoms. The van der Waals surface area contributed by atoms with Crippen LogP contribution in [0.1, 0.15) is 19.8 Å². The molecule has 1 saturated heterocycles. The van der Waals surface area contributed by atoms with E-state index in [-0.39, 0.29) is 12.5 Å². The topological polar surface area (TPSA) is 66.9 Å². The van der Waals surface area contributed by atoms with Crippen molar-refractivity contribution in [2.24, 2.45) is 5.92 Å². The highest BCUT2D eigenvalue weighted by Crippen LogP contribution is 2.29. The number of sulfonamides is 1. The van der Waals surface area contributed by atoms with Crippen LogP contribution < -0.4 is 9.04 Å². The third kappa shape index (κ3) is 4.37. The number of hydrogen-bond donors (Lipinski definition) is 0. The quantitative estimate of drug-likeness (QED) is 0.818. The second-order valence-electron chi connectivity index (χ2n) is 6.03. The van der Waals surface area contributed by atoms with Crippen molar-refractivity contribution in [3.8, 4) is 5.75 Å². The number of carbonyl (C=O) groups is 1. The van der Waals surface area contributed by atoms with Gasteiger partial charge in [-0.3, -0.25) is 9.10 Å². The Kier molecular flexibility index (Phi) is 5.51. The highest BCUT2D eigenvalue weighted by Gasteiger charge is 2.28. The molecule has 0 N–H and O–H groups in total. The lowest BCUT2D eigenvalue weighted by atomic mass is 10.0. The molecule has 23 heavy (non-hydrogen) atoms. The zero-order valence-electron chi connectivity index (χ0n) is 13.9. The molecule has 0 aliphatic carbocycles. The second kappa shape index (κ2) is 7.21. The summed E-state index contributed by atoms with van der Waals surface area (Å²) in [5, 5.41) is 0. The van der Waals surface area contributed by atoms with E-state index < -0.39 is 10.0 Å². The fourth-order valence-corrected chi connectivity index (χ4v) is 3.71. The number of nitrogens with zero attached hydrogens (tertiary/aromatic N) is 2. The van der Waals surface area contributed by atoms with Crippen molar-refractivity contribution in [1.29, 1.82) is 0 Å². The Bertz CT molecular complexity index is 660. The molecule has 1 aromatic rings. The Hall–Kier alpha value is -1.76. The van der Waals surface area contributed by atoms with Crippen LogP contribution in [-0.2, 0) is 14.8 Å². The van der Waals surface area contributed by atoms with Gasteiger partial charge in [0.2, 0.25) is 15.9 Å². The molecule has 1 fully saturated rings. The molecule has 0 saturated carbocycles. The van der Waals surface area contributed by atoms with E-state index in [2.05, 4.69) is 6.92 Å². The number of likely N-dealkylation sites (tertiary alicyclic amines) is 1. The number of anilines is 1. The fourth-order valence-electron chi connectivity index (χ4n) is 2.86. The van der Waals surface area contributed by atoms with Gasteiger partial charge in [-0.25, -0.2) is 8.42 Å². The first-order valence-electron chi connectivity index (χ1n) is 7.71. The van der Waals surface area contributed by atoms with Crippen LogP contribution >= 0.6 is 0 Å². The van der Waals surface area contributed by atoms with E-state index >= 15 is 0 Å². The molecule has 1 aliphatic heterocycles. The summed E-state index contributed by atoms with van der Waals surface area (Å²) in [6, 6.07) is 6.81. The molecule has 1 heterocycles. The first-order chi connectivity index (χ1) is 10.8. The summed E-state index contributed by atoms with van der Waals surface area (Å²) in [7, 11) is -2.11. The van der Waals surface area contributed by atoms with E-state index in [9.17, 15) is 13.2 Å². The number of benzene rings is 1. The lowest BCUT2D eigenvalue weighted by Crippen LogP contribution is -2.46. The normalized spacial score (nSPS) is 18.6. The molecule has 1 atom stereocenters. The Morgan fingerprint density at radius 1 is 1.39 bits per heavy atom. The van der Waals surface area contributed by atoms with Crippen LogP contribution in [0.4, 0.5) is 5.69 Å². The van der Waals surface area contributed by atoms with Gasteiger partial charge < -0.3 is 9.64 Å². The summed E-state index contributed by atoms with van der Waals surface area (Å²) in [6.45, 7) is 3.27. The number of amides is 1. The third-order valence-electron chi connectivity index (χ3n) is 4.04. The lowest BCUT2D eigenvalue weighted by Gasteiger charge is -2.33. The first kappa shape index (κ1) is 17.6. The molecule has 1 aromatic carbocycles.